The largest absolute Gasteiger partial charge is 0.378 e. The van der Waals surface area contributed by atoms with E-state index in [4.69, 9.17) is 4.18 Å². The number of carbonyl (C=O) groups is 1. The smallest absolute Gasteiger partial charge is 0.339 e. The maximum atomic E-state index is 12.4. The van der Waals surface area contributed by atoms with E-state index in [1.807, 2.05) is 30.3 Å². The molecule has 0 unspecified atom stereocenters. The second-order valence-corrected chi connectivity index (χ2v) is 9.79. The number of nitrogens with zero attached hydrogens (tertiary/aromatic N) is 1. The molecule has 1 aliphatic rings. The number of rotatable bonds is 5. The Bertz CT molecular complexity index is 1290. The summed E-state index contributed by atoms with van der Waals surface area (Å²) in [5.74, 6) is -0.0938. The van der Waals surface area contributed by atoms with Crippen molar-refractivity contribution in [1.82, 2.24) is 5.32 Å². The summed E-state index contributed by atoms with van der Waals surface area (Å²) in [5, 5.41) is 3.23. The zero-order valence-corrected chi connectivity index (χ0v) is 19.1. The third kappa shape index (κ3) is 5.25. The number of hydrogen-bond acceptors (Lipinski definition) is 6. The molecule has 0 bridgehead atoms. The summed E-state index contributed by atoms with van der Waals surface area (Å²) in [5.41, 5.74) is 1.45. The topological polar surface area (TPSA) is 84.8 Å². The standard InChI is InChI=1S/C22H15BrN2O4S2/c23-18-13-15(11-12-19(18)29-31(27,28)17-9-5-2-6-10-17)14-20-21(26)25-22(30-20)24-16-7-3-1-4-8-16/h1-14H,(H,24,25,26)/b20-14-. The summed E-state index contributed by atoms with van der Waals surface area (Å²) in [7, 11) is -3.95. The van der Waals surface area contributed by atoms with Gasteiger partial charge in [0.25, 0.3) is 5.91 Å². The fourth-order valence-corrected chi connectivity index (χ4v) is 5.07. The van der Waals surface area contributed by atoms with Crippen LogP contribution in [0.1, 0.15) is 5.56 Å². The van der Waals surface area contributed by atoms with Gasteiger partial charge in [-0.2, -0.15) is 8.42 Å². The molecule has 4 rings (SSSR count). The number of hydrogen-bond donors (Lipinski definition) is 1. The van der Waals surface area contributed by atoms with Gasteiger partial charge in [-0.05, 0) is 75.7 Å². The Kier molecular flexibility index (Phi) is 6.26. The van der Waals surface area contributed by atoms with Crippen molar-refractivity contribution in [2.24, 2.45) is 4.99 Å². The van der Waals surface area contributed by atoms with Crippen molar-refractivity contribution < 1.29 is 17.4 Å². The van der Waals surface area contributed by atoms with Crippen LogP contribution in [-0.2, 0) is 14.9 Å². The molecule has 6 nitrogen and oxygen atoms in total. The average Bonchev–Trinajstić information content (AvgIpc) is 3.10. The number of amidine groups is 1. The fraction of sp³-hybridized carbons (Fsp3) is 0. The Morgan fingerprint density at radius 1 is 0.968 bits per heavy atom. The highest BCUT2D eigenvalue weighted by Gasteiger charge is 2.24. The highest BCUT2D eigenvalue weighted by molar-refractivity contribution is 9.10. The number of aliphatic imine (C=N–C) groups is 1. The lowest BCUT2D eigenvalue weighted by Crippen LogP contribution is -2.19. The van der Waals surface area contributed by atoms with E-state index >= 15 is 0 Å². The molecule has 0 spiro atoms. The molecule has 0 radical (unpaired) electrons. The van der Waals surface area contributed by atoms with Crippen LogP contribution in [0.5, 0.6) is 5.75 Å². The van der Waals surface area contributed by atoms with Crippen molar-refractivity contribution in [1.29, 1.82) is 0 Å². The zero-order chi connectivity index (χ0) is 21.8. The molecule has 1 fully saturated rings. The molecule has 9 heteroatoms. The molecular weight excluding hydrogens is 500 g/mol. The molecule has 1 saturated heterocycles. The van der Waals surface area contributed by atoms with Gasteiger partial charge in [0, 0.05) is 0 Å². The van der Waals surface area contributed by atoms with Gasteiger partial charge in [0.2, 0.25) is 0 Å². The molecule has 0 aliphatic carbocycles. The summed E-state index contributed by atoms with van der Waals surface area (Å²) in [6, 6.07) is 22.1. The van der Waals surface area contributed by atoms with Gasteiger partial charge in [-0.3, -0.25) is 4.79 Å². The molecule has 0 aromatic heterocycles. The van der Waals surface area contributed by atoms with E-state index in [0.717, 1.165) is 5.69 Å². The number of carbonyl (C=O) groups excluding carboxylic acids is 1. The number of benzene rings is 3. The Hall–Kier alpha value is -2.88. The van der Waals surface area contributed by atoms with E-state index < -0.39 is 10.1 Å². The summed E-state index contributed by atoms with van der Waals surface area (Å²) in [4.78, 5) is 17.2. The lowest BCUT2D eigenvalue weighted by Gasteiger charge is -2.09. The van der Waals surface area contributed by atoms with Crippen molar-refractivity contribution in [2.75, 3.05) is 0 Å². The van der Waals surface area contributed by atoms with Crippen LogP contribution in [0.15, 0.2) is 98.1 Å². The maximum Gasteiger partial charge on any atom is 0.339 e. The summed E-state index contributed by atoms with van der Waals surface area (Å²) < 4.78 is 30.5. The number of amides is 1. The van der Waals surface area contributed by atoms with Crippen LogP contribution in [-0.4, -0.2) is 19.5 Å². The molecule has 1 amide bonds. The highest BCUT2D eigenvalue weighted by atomic mass is 79.9. The highest BCUT2D eigenvalue weighted by Crippen LogP contribution is 2.32. The van der Waals surface area contributed by atoms with Crippen molar-refractivity contribution in [3.63, 3.8) is 0 Å². The fourth-order valence-electron chi connectivity index (χ4n) is 2.68. The van der Waals surface area contributed by atoms with Gasteiger partial charge in [0.1, 0.15) is 4.90 Å². The molecule has 1 heterocycles. The van der Waals surface area contributed by atoms with Gasteiger partial charge in [-0.15, -0.1) is 0 Å². The van der Waals surface area contributed by atoms with E-state index in [0.29, 0.717) is 20.1 Å². The number of halogens is 1. The van der Waals surface area contributed by atoms with E-state index in [1.165, 1.54) is 30.0 Å². The van der Waals surface area contributed by atoms with Crippen molar-refractivity contribution in [3.05, 3.63) is 93.8 Å². The van der Waals surface area contributed by atoms with E-state index in [1.54, 1.807) is 36.4 Å². The Labute approximate surface area is 192 Å². The van der Waals surface area contributed by atoms with Crippen LogP contribution >= 0.6 is 27.7 Å². The minimum absolute atomic E-state index is 0.0670. The molecule has 0 atom stereocenters. The van der Waals surface area contributed by atoms with E-state index in [-0.39, 0.29) is 16.6 Å². The van der Waals surface area contributed by atoms with Crippen molar-refractivity contribution >= 4 is 60.6 Å². The predicted octanol–water partition coefficient (Wildman–Crippen LogP) is 5.11. The quantitative estimate of drug-likeness (QED) is 0.377. The molecule has 0 saturated carbocycles. The lowest BCUT2D eigenvalue weighted by molar-refractivity contribution is -0.115. The van der Waals surface area contributed by atoms with Crippen LogP contribution in [0.25, 0.3) is 6.08 Å². The van der Waals surface area contributed by atoms with Crippen molar-refractivity contribution in [3.8, 4) is 5.75 Å². The van der Waals surface area contributed by atoms with E-state index in [9.17, 15) is 13.2 Å². The zero-order valence-electron chi connectivity index (χ0n) is 15.9. The first-order valence-corrected chi connectivity index (χ1v) is 12.1. The normalized spacial score (nSPS) is 16.5. The van der Waals surface area contributed by atoms with Crippen LogP contribution < -0.4 is 9.50 Å². The Morgan fingerprint density at radius 3 is 2.32 bits per heavy atom. The van der Waals surface area contributed by atoms with E-state index in [2.05, 4.69) is 26.2 Å². The second kappa shape index (κ2) is 9.09. The van der Waals surface area contributed by atoms with Crippen molar-refractivity contribution in [2.45, 2.75) is 4.90 Å². The van der Waals surface area contributed by atoms with Gasteiger partial charge >= 0.3 is 10.1 Å². The third-order valence-corrected chi connectivity index (χ3v) is 6.90. The molecule has 1 aliphatic heterocycles. The van der Waals surface area contributed by atoms with Gasteiger partial charge in [0.15, 0.2) is 10.9 Å². The molecule has 31 heavy (non-hydrogen) atoms. The first kappa shape index (κ1) is 21.4. The minimum Gasteiger partial charge on any atom is -0.378 e. The predicted molar refractivity (Wildman–Crippen MR) is 126 cm³/mol. The van der Waals surface area contributed by atoms with Crippen LogP contribution in [0.4, 0.5) is 5.69 Å². The van der Waals surface area contributed by atoms with Crippen LogP contribution in [0, 0.1) is 0 Å². The Balaban J connectivity index is 1.52. The number of thioether (sulfide) groups is 1. The van der Waals surface area contributed by atoms with Gasteiger partial charge in [-0.25, -0.2) is 4.99 Å². The second-order valence-electron chi connectivity index (χ2n) is 6.36. The Morgan fingerprint density at radius 2 is 1.65 bits per heavy atom. The first-order valence-electron chi connectivity index (χ1n) is 9.04. The molecular formula is C22H15BrN2O4S2. The lowest BCUT2D eigenvalue weighted by atomic mass is 10.2. The third-order valence-electron chi connectivity index (χ3n) is 4.12. The van der Waals surface area contributed by atoms with Gasteiger partial charge < -0.3 is 9.50 Å². The number of nitrogens with one attached hydrogen (secondary N) is 1. The average molecular weight is 515 g/mol. The first-order chi connectivity index (χ1) is 14.9. The molecule has 3 aromatic carbocycles. The molecule has 156 valence electrons. The summed E-state index contributed by atoms with van der Waals surface area (Å²) in [6.07, 6.45) is 1.70. The minimum atomic E-state index is -3.95. The monoisotopic (exact) mass is 514 g/mol. The van der Waals surface area contributed by atoms with Crippen LogP contribution in [0.3, 0.4) is 0 Å². The summed E-state index contributed by atoms with van der Waals surface area (Å²) >= 11 is 4.58. The van der Waals surface area contributed by atoms with Crippen LogP contribution in [0.2, 0.25) is 0 Å². The molecule has 1 N–H and O–H groups in total. The van der Waals surface area contributed by atoms with Gasteiger partial charge in [-0.1, -0.05) is 42.5 Å². The molecule has 3 aromatic rings. The maximum absolute atomic E-state index is 12.4. The number of para-hydroxylation sites is 1. The SMILES string of the molecule is O=C1NC(=Nc2ccccc2)S/C1=C\c1ccc(OS(=O)(=O)c2ccccc2)c(Br)c1. The summed E-state index contributed by atoms with van der Waals surface area (Å²) in [6.45, 7) is 0. The van der Waals surface area contributed by atoms with Gasteiger partial charge in [0.05, 0.1) is 15.1 Å².